The van der Waals surface area contributed by atoms with Crippen LogP contribution in [0.15, 0.2) is 0 Å². The van der Waals surface area contributed by atoms with Gasteiger partial charge in [-0.15, -0.1) is 0 Å². The van der Waals surface area contributed by atoms with Gasteiger partial charge in [0.05, 0.1) is 6.10 Å². The monoisotopic (exact) mass is 282 g/mol. The maximum Gasteiger partial charge on any atom is 0.226 e. The number of hydrogen-bond acceptors (Lipinski definition) is 3. The highest BCUT2D eigenvalue weighted by molar-refractivity contribution is 5.80. The van der Waals surface area contributed by atoms with Crippen molar-refractivity contribution in [2.24, 2.45) is 23.0 Å². The summed E-state index contributed by atoms with van der Waals surface area (Å²) in [5.41, 5.74) is 6.17. The van der Waals surface area contributed by atoms with Crippen molar-refractivity contribution in [1.29, 1.82) is 0 Å². The van der Waals surface area contributed by atoms with Crippen molar-refractivity contribution in [2.45, 2.75) is 59.1 Å². The fourth-order valence-corrected chi connectivity index (χ4v) is 3.71. The molecule has 4 unspecified atom stereocenters. The fourth-order valence-electron chi connectivity index (χ4n) is 3.71. The van der Waals surface area contributed by atoms with Crippen molar-refractivity contribution >= 4 is 5.91 Å². The van der Waals surface area contributed by atoms with Crippen molar-refractivity contribution in [3.05, 3.63) is 0 Å². The molecule has 4 heteroatoms. The Kier molecular flexibility index (Phi) is 4.75. The van der Waals surface area contributed by atoms with E-state index in [9.17, 15) is 4.79 Å². The molecule has 0 aromatic heterocycles. The summed E-state index contributed by atoms with van der Waals surface area (Å²) in [6.07, 6.45) is 2.97. The topological polar surface area (TPSA) is 55.6 Å². The molecule has 1 amide bonds. The van der Waals surface area contributed by atoms with Crippen molar-refractivity contribution in [3.8, 4) is 0 Å². The van der Waals surface area contributed by atoms with Crippen LogP contribution < -0.4 is 5.73 Å². The van der Waals surface area contributed by atoms with Crippen LogP contribution in [0.1, 0.15) is 47.0 Å². The predicted molar refractivity (Wildman–Crippen MR) is 80.3 cm³/mol. The summed E-state index contributed by atoms with van der Waals surface area (Å²) in [5.74, 6) is 0.791. The van der Waals surface area contributed by atoms with Gasteiger partial charge in [0.2, 0.25) is 5.91 Å². The quantitative estimate of drug-likeness (QED) is 0.800. The molecule has 0 bridgehead atoms. The van der Waals surface area contributed by atoms with Gasteiger partial charge in [-0.3, -0.25) is 4.79 Å². The predicted octanol–water partition coefficient (Wildman–Crippen LogP) is 2.02. The molecular weight excluding hydrogens is 252 g/mol. The Bertz CT molecular complexity index is 356. The maximum absolute atomic E-state index is 12.9. The van der Waals surface area contributed by atoms with Crippen molar-refractivity contribution in [1.82, 2.24) is 4.90 Å². The summed E-state index contributed by atoms with van der Waals surface area (Å²) in [6.45, 7) is 11.0. The van der Waals surface area contributed by atoms with Crippen LogP contribution in [0.5, 0.6) is 0 Å². The number of carbonyl (C=O) groups excluding carboxylic acids is 1. The van der Waals surface area contributed by atoms with E-state index in [1.807, 2.05) is 4.90 Å². The number of amides is 1. The first-order valence-electron chi connectivity index (χ1n) is 8.00. The van der Waals surface area contributed by atoms with Crippen LogP contribution in [0, 0.1) is 17.3 Å². The molecule has 20 heavy (non-hydrogen) atoms. The van der Waals surface area contributed by atoms with Crippen LogP contribution in [0.4, 0.5) is 0 Å². The van der Waals surface area contributed by atoms with E-state index in [-0.39, 0.29) is 23.5 Å². The van der Waals surface area contributed by atoms with Gasteiger partial charge in [0, 0.05) is 31.7 Å². The average Bonchev–Trinajstić information content (AvgIpc) is 2.60. The molecule has 4 nitrogen and oxygen atoms in total. The second-order valence-corrected chi connectivity index (χ2v) is 7.22. The van der Waals surface area contributed by atoms with Gasteiger partial charge in [-0.1, -0.05) is 20.8 Å². The maximum atomic E-state index is 12.9. The first-order valence-corrected chi connectivity index (χ1v) is 8.00. The summed E-state index contributed by atoms with van der Waals surface area (Å²) in [5, 5.41) is 0. The highest BCUT2D eigenvalue weighted by Gasteiger charge is 2.46. The zero-order valence-electron chi connectivity index (χ0n) is 13.4. The summed E-state index contributed by atoms with van der Waals surface area (Å²) in [6, 6.07) is 0.223. The van der Waals surface area contributed by atoms with Crippen LogP contribution in [-0.4, -0.2) is 42.6 Å². The minimum atomic E-state index is -0.0227. The number of nitrogens with zero attached hydrogens (tertiary/aromatic N) is 1. The van der Waals surface area contributed by atoms with Gasteiger partial charge in [-0.05, 0) is 37.5 Å². The van der Waals surface area contributed by atoms with Gasteiger partial charge in [-0.25, -0.2) is 0 Å². The highest BCUT2D eigenvalue weighted by atomic mass is 16.5. The summed E-state index contributed by atoms with van der Waals surface area (Å²) in [4.78, 5) is 15.0. The number of rotatable bonds is 1. The molecule has 2 fully saturated rings. The lowest BCUT2D eigenvalue weighted by Gasteiger charge is -2.47. The molecule has 1 aliphatic carbocycles. The molecule has 0 aromatic rings. The molecule has 0 radical (unpaired) electrons. The van der Waals surface area contributed by atoms with Crippen molar-refractivity contribution in [2.75, 3.05) is 19.7 Å². The van der Waals surface area contributed by atoms with Crippen LogP contribution in [0.3, 0.4) is 0 Å². The zero-order chi connectivity index (χ0) is 14.9. The van der Waals surface area contributed by atoms with Gasteiger partial charge in [-0.2, -0.15) is 0 Å². The van der Waals surface area contributed by atoms with E-state index in [0.717, 1.165) is 39.0 Å². The van der Waals surface area contributed by atoms with E-state index < -0.39 is 0 Å². The summed E-state index contributed by atoms with van der Waals surface area (Å²) < 4.78 is 5.65. The Balaban J connectivity index is 2.11. The smallest absolute Gasteiger partial charge is 0.226 e. The zero-order valence-corrected chi connectivity index (χ0v) is 13.4. The number of carbonyl (C=O) groups is 1. The Morgan fingerprint density at radius 1 is 1.30 bits per heavy atom. The summed E-state index contributed by atoms with van der Waals surface area (Å²) in [7, 11) is 0. The van der Waals surface area contributed by atoms with Gasteiger partial charge < -0.3 is 15.4 Å². The molecular formula is C16H30N2O2. The second kappa shape index (κ2) is 6.02. The largest absolute Gasteiger partial charge is 0.377 e. The Labute approximate surface area is 123 Å². The van der Waals surface area contributed by atoms with Crippen LogP contribution in [-0.2, 0) is 9.53 Å². The van der Waals surface area contributed by atoms with Crippen LogP contribution in [0.2, 0.25) is 0 Å². The molecule has 1 saturated heterocycles. The molecule has 2 N–H and O–H groups in total. The van der Waals surface area contributed by atoms with Crippen molar-refractivity contribution in [3.63, 3.8) is 0 Å². The lowest BCUT2D eigenvalue weighted by Crippen LogP contribution is -2.53. The Morgan fingerprint density at radius 3 is 2.70 bits per heavy atom. The Hall–Kier alpha value is -0.610. The van der Waals surface area contributed by atoms with Crippen LogP contribution >= 0.6 is 0 Å². The lowest BCUT2D eigenvalue weighted by molar-refractivity contribution is -0.144. The molecule has 2 rings (SSSR count). The third-order valence-corrected chi connectivity index (χ3v) is 5.56. The SMILES string of the molecule is CC1CN(C(=O)C2CCC(N)C(C)C2(C)C)CCCO1. The van der Waals surface area contributed by atoms with E-state index in [1.54, 1.807) is 0 Å². The third-order valence-electron chi connectivity index (χ3n) is 5.56. The first kappa shape index (κ1) is 15.8. The number of hydrogen-bond donors (Lipinski definition) is 1. The Morgan fingerprint density at radius 2 is 2.00 bits per heavy atom. The van der Waals surface area contributed by atoms with E-state index in [4.69, 9.17) is 10.5 Å². The molecule has 1 aliphatic heterocycles. The molecule has 0 aromatic carbocycles. The average molecular weight is 282 g/mol. The van der Waals surface area contributed by atoms with E-state index in [1.165, 1.54) is 0 Å². The van der Waals surface area contributed by atoms with E-state index in [2.05, 4.69) is 27.7 Å². The fraction of sp³-hybridized carbons (Fsp3) is 0.938. The van der Waals surface area contributed by atoms with Gasteiger partial charge >= 0.3 is 0 Å². The molecule has 116 valence electrons. The minimum Gasteiger partial charge on any atom is -0.377 e. The second-order valence-electron chi connectivity index (χ2n) is 7.22. The van der Waals surface area contributed by atoms with E-state index >= 15 is 0 Å². The standard InChI is InChI=1S/C16H30N2O2/c1-11-10-18(8-5-9-20-11)15(19)13-6-7-14(17)12(2)16(13,3)4/h11-14H,5-10,17H2,1-4H3. The normalized spacial score (nSPS) is 38.4. The van der Waals surface area contributed by atoms with E-state index in [0.29, 0.717) is 11.8 Å². The van der Waals surface area contributed by atoms with Crippen LogP contribution in [0.25, 0.3) is 0 Å². The van der Waals surface area contributed by atoms with Gasteiger partial charge in [0.1, 0.15) is 0 Å². The first-order chi connectivity index (χ1) is 9.34. The molecule has 4 atom stereocenters. The summed E-state index contributed by atoms with van der Waals surface area (Å²) >= 11 is 0. The molecule has 1 saturated carbocycles. The molecule has 2 aliphatic rings. The minimum absolute atomic E-state index is 0.0227. The molecule has 1 heterocycles. The third kappa shape index (κ3) is 3.01. The molecule has 0 spiro atoms. The lowest BCUT2D eigenvalue weighted by atomic mass is 9.60. The number of ether oxygens (including phenoxy) is 1. The highest BCUT2D eigenvalue weighted by Crippen LogP contribution is 2.45. The number of nitrogens with two attached hydrogens (primary N) is 1. The van der Waals surface area contributed by atoms with Crippen molar-refractivity contribution < 1.29 is 9.53 Å². The van der Waals surface area contributed by atoms with Gasteiger partial charge in [0.15, 0.2) is 0 Å². The van der Waals surface area contributed by atoms with Gasteiger partial charge in [0.25, 0.3) is 0 Å².